The van der Waals surface area contributed by atoms with Crippen molar-refractivity contribution in [1.82, 2.24) is 4.98 Å². The van der Waals surface area contributed by atoms with Gasteiger partial charge in [-0.3, -0.25) is 14.6 Å². The average molecular weight is 418 g/mol. The highest BCUT2D eigenvalue weighted by Crippen LogP contribution is 2.22. The fraction of sp³-hybridized carbons (Fsp3) is 0.240. The van der Waals surface area contributed by atoms with Gasteiger partial charge in [0.1, 0.15) is 6.61 Å². The molecule has 3 rings (SSSR count). The summed E-state index contributed by atoms with van der Waals surface area (Å²) in [6, 6.07) is 21.6. The summed E-state index contributed by atoms with van der Waals surface area (Å²) >= 11 is 0. The summed E-state index contributed by atoms with van der Waals surface area (Å²) in [7, 11) is 0. The standard InChI is InChI=1S/C25H27N3O3/c1-19(26)25(30)28(22-13-8-14-27-17-22)23(15-20-9-4-2-5-10-20)16-24(29)31-18-21-11-6-3-7-12-21/h2-14,17,19,23H,15-16,18,26H2,1H3/t19-,23?/m0/s1. The van der Waals surface area contributed by atoms with Crippen LogP contribution in [0.3, 0.4) is 0 Å². The molecule has 160 valence electrons. The highest BCUT2D eigenvalue weighted by Gasteiger charge is 2.30. The Hall–Kier alpha value is -3.51. The van der Waals surface area contributed by atoms with Crippen molar-refractivity contribution in [2.24, 2.45) is 5.73 Å². The molecule has 0 spiro atoms. The molecule has 6 heteroatoms. The van der Waals surface area contributed by atoms with Crippen LogP contribution in [0.1, 0.15) is 24.5 Å². The molecule has 31 heavy (non-hydrogen) atoms. The normalized spacial score (nSPS) is 12.6. The third-order valence-electron chi connectivity index (χ3n) is 4.88. The van der Waals surface area contributed by atoms with Crippen molar-refractivity contribution in [3.63, 3.8) is 0 Å². The monoisotopic (exact) mass is 417 g/mol. The van der Waals surface area contributed by atoms with Crippen LogP contribution in [-0.4, -0.2) is 28.9 Å². The molecule has 0 fully saturated rings. The third kappa shape index (κ3) is 6.49. The Morgan fingerprint density at radius 2 is 1.61 bits per heavy atom. The maximum atomic E-state index is 13.1. The minimum Gasteiger partial charge on any atom is -0.461 e. The first-order valence-electron chi connectivity index (χ1n) is 10.3. The average Bonchev–Trinajstić information content (AvgIpc) is 2.80. The smallest absolute Gasteiger partial charge is 0.308 e. The summed E-state index contributed by atoms with van der Waals surface area (Å²) in [5.74, 6) is -0.652. The van der Waals surface area contributed by atoms with Crippen molar-refractivity contribution >= 4 is 17.6 Å². The number of hydrogen-bond acceptors (Lipinski definition) is 5. The Bertz CT molecular complexity index is 963. The summed E-state index contributed by atoms with van der Waals surface area (Å²) in [5, 5.41) is 0. The van der Waals surface area contributed by atoms with Crippen LogP contribution in [0.5, 0.6) is 0 Å². The highest BCUT2D eigenvalue weighted by molar-refractivity contribution is 5.97. The highest BCUT2D eigenvalue weighted by atomic mass is 16.5. The molecule has 0 aliphatic carbocycles. The molecule has 6 nitrogen and oxygen atoms in total. The van der Waals surface area contributed by atoms with Crippen molar-refractivity contribution in [2.75, 3.05) is 4.90 Å². The number of anilines is 1. The molecule has 1 unspecified atom stereocenters. The molecule has 0 radical (unpaired) electrons. The molecular weight excluding hydrogens is 390 g/mol. The molecule has 1 amide bonds. The fourth-order valence-electron chi connectivity index (χ4n) is 3.36. The van der Waals surface area contributed by atoms with Gasteiger partial charge in [0.25, 0.3) is 0 Å². The number of aromatic nitrogens is 1. The van der Waals surface area contributed by atoms with E-state index in [0.29, 0.717) is 12.1 Å². The van der Waals surface area contributed by atoms with Crippen LogP contribution in [0.25, 0.3) is 0 Å². The second-order valence-corrected chi connectivity index (χ2v) is 7.40. The summed E-state index contributed by atoms with van der Waals surface area (Å²) < 4.78 is 5.50. The quantitative estimate of drug-likeness (QED) is 0.539. The number of rotatable bonds is 9. The van der Waals surface area contributed by atoms with E-state index in [2.05, 4.69) is 4.98 Å². The van der Waals surface area contributed by atoms with Crippen LogP contribution in [0, 0.1) is 0 Å². The number of pyridine rings is 1. The van der Waals surface area contributed by atoms with Crippen LogP contribution in [0.4, 0.5) is 5.69 Å². The Balaban J connectivity index is 1.84. The first kappa shape index (κ1) is 22.2. The number of esters is 1. The number of carbonyl (C=O) groups is 2. The molecule has 3 aromatic rings. The molecular formula is C25H27N3O3. The second kappa shape index (κ2) is 11.0. The lowest BCUT2D eigenvalue weighted by Crippen LogP contribution is -2.49. The van der Waals surface area contributed by atoms with Crippen molar-refractivity contribution in [2.45, 2.75) is 38.5 Å². The van der Waals surface area contributed by atoms with E-state index in [0.717, 1.165) is 11.1 Å². The van der Waals surface area contributed by atoms with Gasteiger partial charge < -0.3 is 15.4 Å². The van der Waals surface area contributed by atoms with Crippen LogP contribution >= 0.6 is 0 Å². The molecule has 0 saturated carbocycles. The van der Waals surface area contributed by atoms with E-state index in [4.69, 9.17) is 10.5 Å². The predicted octanol–water partition coefficient (Wildman–Crippen LogP) is 3.51. The van der Waals surface area contributed by atoms with Gasteiger partial charge in [-0.05, 0) is 36.6 Å². The van der Waals surface area contributed by atoms with E-state index in [9.17, 15) is 9.59 Å². The lowest BCUT2D eigenvalue weighted by molar-refractivity contribution is -0.145. The molecule has 2 atom stereocenters. The van der Waals surface area contributed by atoms with Crippen molar-refractivity contribution in [3.8, 4) is 0 Å². The SMILES string of the molecule is C[C@H](N)C(=O)N(c1cccnc1)C(CC(=O)OCc1ccccc1)Cc1ccccc1. The lowest BCUT2D eigenvalue weighted by atomic mass is 10.00. The first-order chi connectivity index (χ1) is 15.0. The van der Waals surface area contributed by atoms with Crippen molar-refractivity contribution in [1.29, 1.82) is 0 Å². The summed E-state index contributed by atoms with van der Waals surface area (Å²) in [6.07, 6.45) is 3.76. The Kier molecular flexibility index (Phi) is 7.90. The topological polar surface area (TPSA) is 85.5 Å². The summed E-state index contributed by atoms with van der Waals surface area (Å²) in [5.41, 5.74) is 8.46. The summed E-state index contributed by atoms with van der Waals surface area (Å²) in [4.78, 5) is 31.5. The van der Waals surface area contributed by atoms with Gasteiger partial charge in [0.2, 0.25) is 5.91 Å². The molecule has 2 N–H and O–H groups in total. The Labute approximate surface area is 182 Å². The number of nitrogens with zero attached hydrogens (tertiary/aromatic N) is 2. The largest absolute Gasteiger partial charge is 0.461 e. The van der Waals surface area contributed by atoms with Gasteiger partial charge >= 0.3 is 5.97 Å². The van der Waals surface area contributed by atoms with E-state index >= 15 is 0 Å². The minimum atomic E-state index is -0.723. The first-order valence-corrected chi connectivity index (χ1v) is 10.3. The van der Waals surface area contributed by atoms with Crippen molar-refractivity contribution in [3.05, 3.63) is 96.3 Å². The molecule has 0 saturated heterocycles. The minimum absolute atomic E-state index is 0.0368. The van der Waals surface area contributed by atoms with Gasteiger partial charge in [-0.1, -0.05) is 60.7 Å². The van der Waals surface area contributed by atoms with E-state index in [-0.39, 0.29) is 24.9 Å². The second-order valence-electron chi connectivity index (χ2n) is 7.40. The molecule has 1 aromatic heterocycles. The van der Waals surface area contributed by atoms with E-state index in [1.54, 1.807) is 36.4 Å². The zero-order chi connectivity index (χ0) is 22.1. The summed E-state index contributed by atoms with van der Waals surface area (Å²) in [6.45, 7) is 1.82. The number of benzene rings is 2. The fourth-order valence-corrected chi connectivity index (χ4v) is 3.36. The Morgan fingerprint density at radius 1 is 0.968 bits per heavy atom. The van der Waals surface area contributed by atoms with Gasteiger partial charge in [0.15, 0.2) is 0 Å². The van der Waals surface area contributed by atoms with Crippen LogP contribution in [0.15, 0.2) is 85.2 Å². The number of ether oxygens (including phenoxy) is 1. The van der Waals surface area contributed by atoms with Gasteiger partial charge in [0.05, 0.1) is 30.4 Å². The third-order valence-corrected chi connectivity index (χ3v) is 4.88. The van der Waals surface area contributed by atoms with Crippen molar-refractivity contribution < 1.29 is 14.3 Å². The van der Waals surface area contributed by atoms with E-state index < -0.39 is 12.1 Å². The van der Waals surface area contributed by atoms with Gasteiger partial charge in [-0.2, -0.15) is 0 Å². The van der Waals surface area contributed by atoms with E-state index in [1.165, 1.54) is 0 Å². The van der Waals surface area contributed by atoms with Crippen LogP contribution in [0.2, 0.25) is 0 Å². The zero-order valence-corrected chi connectivity index (χ0v) is 17.6. The number of hydrogen-bond donors (Lipinski definition) is 1. The maximum Gasteiger partial charge on any atom is 0.308 e. The van der Waals surface area contributed by atoms with Gasteiger partial charge in [-0.25, -0.2) is 0 Å². The molecule has 2 aromatic carbocycles. The molecule has 0 aliphatic heterocycles. The Morgan fingerprint density at radius 3 is 2.19 bits per heavy atom. The molecule has 0 aliphatic rings. The number of carbonyl (C=O) groups excluding carboxylic acids is 2. The number of amides is 1. The lowest BCUT2D eigenvalue weighted by Gasteiger charge is -2.32. The predicted molar refractivity (Wildman–Crippen MR) is 120 cm³/mol. The van der Waals surface area contributed by atoms with Gasteiger partial charge in [-0.15, -0.1) is 0 Å². The maximum absolute atomic E-state index is 13.1. The molecule has 0 bridgehead atoms. The van der Waals surface area contributed by atoms with Gasteiger partial charge in [0, 0.05) is 6.20 Å². The van der Waals surface area contributed by atoms with Crippen LogP contribution < -0.4 is 10.6 Å². The van der Waals surface area contributed by atoms with E-state index in [1.807, 2.05) is 60.7 Å². The zero-order valence-electron chi connectivity index (χ0n) is 17.6. The molecule has 1 heterocycles. The number of nitrogens with two attached hydrogens (primary N) is 1. The van der Waals surface area contributed by atoms with Crippen LogP contribution in [-0.2, 0) is 27.4 Å².